The minimum absolute atomic E-state index is 0.350. The molecule has 0 bridgehead atoms. The summed E-state index contributed by atoms with van der Waals surface area (Å²) in [7, 11) is 0. The second kappa shape index (κ2) is 11.6. The molecule has 2 aromatic carbocycles. The number of rotatable bonds is 11. The first-order valence-corrected chi connectivity index (χ1v) is 10.5. The summed E-state index contributed by atoms with van der Waals surface area (Å²) in [6.07, 6.45) is 1.70. The third kappa shape index (κ3) is 6.80. The minimum atomic E-state index is 0.350. The van der Waals surface area contributed by atoms with Gasteiger partial charge >= 0.3 is 0 Å². The van der Waals surface area contributed by atoms with Gasteiger partial charge in [0.2, 0.25) is 5.88 Å². The summed E-state index contributed by atoms with van der Waals surface area (Å²) in [5.74, 6) is 1.76. The molecule has 0 spiro atoms. The summed E-state index contributed by atoms with van der Waals surface area (Å²) >= 11 is 12.5. The van der Waals surface area contributed by atoms with E-state index in [9.17, 15) is 0 Å². The molecule has 3 rings (SSSR count). The maximum absolute atomic E-state index is 6.50. The van der Waals surface area contributed by atoms with E-state index in [-0.39, 0.29) is 0 Å². The molecule has 0 amide bonds. The molecule has 0 aliphatic heterocycles. The average molecular weight is 447 g/mol. The molecule has 158 valence electrons. The van der Waals surface area contributed by atoms with Gasteiger partial charge in [0.05, 0.1) is 11.6 Å². The van der Waals surface area contributed by atoms with Gasteiger partial charge in [-0.15, -0.1) is 0 Å². The molecule has 30 heavy (non-hydrogen) atoms. The lowest BCUT2D eigenvalue weighted by molar-refractivity contribution is 0.269. The third-order valence-corrected chi connectivity index (χ3v) is 4.65. The molecule has 0 unspecified atom stereocenters. The molecule has 0 fully saturated rings. The summed E-state index contributed by atoms with van der Waals surface area (Å²) in [6.45, 7) is 4.60. The van der Waals surface area contributed by atoms with Crippen LogP contribution in [0.3, 0.4) is 0 Å². The number of hydrogen-bond donors (Lipinski definition) is 1. The molecule has 1 heterocycles. The van der Waals surface area contributed by atoms with Crippen molar-refractivity contribution in [2.75, 3.05) is 19.8 Å². The highest BCUT2D eigenvalue weighted by Crippen LogP contribution is 2.37. The van der Waals surface area contributed by atoms with Gasteiger partial charge in [-0.2, -0.15) is 0 Å². The summed E-state index contributed by atoms with van der Waals surface area (Å²) in [4.78, 5) is 4.13. The number of aromatic nitrogens is 1. The van der Waals surface area contributed by atoms with E-state index in [4.69, 9.17) is 37.4 Å². The number of nitrogens with zero attached hydrogens (tertiary/aromatic N) is 1. The molecule has 0 saturated carbocycles. The van der Waals surface area contributed by atoms with Gasteiger partial charge in [-0.25, -0.2) is 4.98 Å². The van der Waals surface area contributed by atoms with Crippen molar-refractivity contribution in [2.24, 2.45) is 0 Å². The van der Waals surface area contributed by atoms with Gasteiger partial charge in [0.25, 0.3) is 0 Å². The lowest BCUT2D eigenvalue weighted by Crippen LogP contribution is -2.20. The number of hydrogen-bond acceptors (Lipinski definition) is 5. The highest BCUT2D eigenvalue weighted by molar-refractivity contribution is 6.32. The van der Waals surface area contributed by atoms with Gasteiger partial charge < -0.3 is 19.5 Å². The minimum Gasteiger partial charge on any atom is -0.490 e. The predicted octanol–water partition coefficient (Wildman–Crippen LogP) is 5.53. The maximum Gasteiger partial charge on any atom is 0.213 e. The van der Waals surface area contributed by atoms with Crippen molar-refractivity contribution in [3.05, 3.63) is 82.0 Å². The first-order valence-electron chi connectivity index (χ1n) is 9.72. The zero-order valence-corrected chi connectivity index (χ0v) is 18.2. The van der Waals surface area contributed by atoms with Crippen molar-refractivity contribution in [1.82, 2.24) is 10.3 Å². The summed E-state index contributed by atoms with van der Waals surface area (Å²) in [5, 5.41) is 4.50. The van der Waals surface area contributed by atoms with Crippen molar-refractivity contribution in [3.63, 3.8) is 0 Å². The zero-order valence-electron chi connectivity index (χ0n) is 16.7. The summed E-state index contributed by atoms with van der Waals surface area (Å²) < 4.78 is 17.3. The van der Waals surface area contributed by atoms with E-state index >= 15 is 0 Å². The van der Waals surface area contributed by atoms with E-state index < -0.39 is 0 Å². The average Bonchev–Trinajstić information content (AvgIpc) is 2.74. The number of pyridine rings is 1. The fourth-order valence-corrected chi connectivity index (χ4v) is 3.30. The van der Waals surface area contributed by atoms with E-state index in [0.29, 0.717) is 60.3 Å². The largest absolute Gasteiger partial charge is 0.490 e. The van der Waals surface area contributed by atoms with Crippen LogP contribution in [-0.2, 0) is 13.2 Å². The lowest BCUT2D eigenvalue weighted by Gasteiger charge is -2.16. The van der Waals surface area contributed by atoms with Crippen molar-refractivity contribution >= 4 is 23.2 Å². The number of ether oxygens (including phenoxy) is 3. The van der Waals surface area contributed by atoms with E-state index in [2.05, 4.69) is 10.3 Å². The van der Waals surface area contributed by atoms with Crippen molar-refractivity contribution in [3.8, 4) is 17.4 Å². The van der Waals surface area contributed by atoms with Gasteiger partial charge in [-0.05, 0) is 48.4 Å². The second-order valence-electron chi connectivity index (χ2n) is 6.45. The van der Waals surface area contributed by atoms with Crippen molar-refractivity contribution in [2.45, 2.75) is 20.1 Å². The molecule has 0 radical (unpaired) electrons. The SMILES string of the molecule is CCOc1cc(CNCCOc2ccccn2)cc(Cl)c1OCc1cccc(Cl)c1. The molecular formula is C23H24Cl2N2O3. The van der Waals surface area contributed by atoms with Crippen LogP contribution in [0.25, 0.3) is 0 Å². The van der Waals surface area contributed by atoms with E-state index in [1.165, 1.54) is 0 Å². The Kier molecular flexibility index (Phi) is 8.63. The van der Waals surface area contributed by atoms with E-state index in [1.54, 1.807) is 6.20 Å². The van der Waals surface area contributed by atoms with Gasteiger partial charge in [-0.1, -0.05) is 41.4 Å². The predicted molar refractivity (Wildman–Crippen MR) is 120 cm³/mol. The third-order valence-electron chi connectivity index (χ3n) is 4.14. The van der Waals surface area contributed by atoms with Crippen LogP contribution in [0, 0.1) is 0 Å². The molecule has 3 aromatic rings. The Morgan fingerprint density at radius 2 is 1.83 bits per heavy atom. The highest BCUT2D eigenvalue weighted by atomic mass is 35.5. The normalized spacial score (nSPS) is 10.6. The highest BCUT2D eigenvalue weighted by Gasteiger charge is 2.13. The van der Waals surface area contributed by atoms with Crippen LogP contribution >= 0.6 is 23.2 Å². The first kappa shape index (κ1) is 22.2. The fourth-order valence-electron chi connectivity index (χ4n) is 2.80. The Morgan fingerprint density at radius 1 is 0.933 bits per heavy atom. The van der Waals surface area contributed by atoms with E-state index in [0.717, 1.165) is 11.1 Å². The number of halogens is 2. The smallest absolute Gasteiger partial charge is 0.213 e. The van der Waals surface area contributed by atoms with Crippen LogP contribution in [-0.4, -0.2) is 24.7 Å². The lowest BCUT2D eigenvalue weighted by atomic mass is 10.2. The number of nitrogens with one attached hydrogen (secondary N) is 1. The molecule has 7 heteroatoms. The first-order chi connectivity index (χ1) is 14.7. The Hall–Kier alpha value is -2.47. The molecule has 0 aliphatic carbocycles. The number of benzene rings is 2. The Labute approximate surface area is 186 Å². The Bertz CT molecular complexity index is 939. The van der Waals surface area contributed by atoms with Crippen LogP contribution in [0.1, 0.15) is 18.1 Å². The van der Waals surface area contributed by atoms with E-state index in [1.807, 2.05) is 61.5 Å². The molecule has 0 aliphatic rings. The molecule has 0 atom stereocenters. The van der Waals surface area contributed by atoms with Crippen LogP contribution in [0.2, 0.25) is 10.0 Å². The van der Waals surface area contributed by atoms with Gasteiger partial charge in [0, 0.05) is 30.4 Å². The quantitative estimate of drug-likeness (QED) is 0.392. The van der Waals surface area contributed by atoms with Crippen molar-refractivity contribution < 1.29 is 14.2 Å². The van der Waals surface area contributed by atoms with Crippen LogP contribution in [0.4, 0.5) is 0 Å². The van der Waals surface area contributed by atoms with Crippen LogP contribution < -0.4 is 19.5 Å². The maximum atomic E-state index is 6.50. The second-order valence-corrected chi connectivity index (χ2v) is 7.29. The van der Waals surface area contributed by atoms with Crippen molar-refractivity contribution in [1.29, 1.82) is 0 Å². The Morgan fingerprint density at radius 3 is 2.60 bits per heavy atom. The van der Waals surface area contributed by atoms with Crippen LogP contribution in [0.5, 0.6) is 17.4 Å². The molecule has 1 aromatic heterocycles. The Balaban J connectivity index is 1.56. The molecule has 1 N–H and O–H groups in total. The van der Waals surface area contributed by atoms with Gasteiger partial charge in [-0.3, -0.25) is 0 Å². The summed E-state index contributed by atoms with van der Waals surface area (Å²) in [6, 6.07) is 16.9. The fraction of sp³-hybridized carbons (Fsp3) is 0.261. The molecule has 5 nitrogen and oxygen atoms in total. The molecule has 0 saturated heterocycles. The monoisotopic (exact) mass is 446 g/mol. The standard InChI is InChI=1S/C23H24Cl2N2O3/c1-2-28-21-14-18(15-26-10-11-29-22-8-3-4-9-27-22)13-20(25)23(21)30-16-17-6-5-7-19(24)12-17/h3-9,12-14,26H,2,10-11,15-16H2,1H3. The van der Waals surface area contributed by atoms with Gasteiger partial charge in [0.1, 0.15) is 13.2 Å². The van der Waals surface area contributed by atoms with Crippen LogP contribution in [0.15, 0.2) is 60.8 Å². The zero-order chi connectivity index (χ0) is 21.2. The topological polar surface area (TPSA) is 52.6 Å². The molecular weight excluding hydrogens is 423 g/mol. The summed E-state index contributed by atoms with van der Waals surface area (Å²) in [5.41, 5.74) is 1.95. The van der Waals surface area contributed by atoms with Gasteiger partial charge in [0.15, 0.2) is 11.5 Å².